The smallest absolute Gasteiger partial charge is 0.338 e. The van der Waals surface area contributed by atoms with Gasteiger partial charge in [0.2, 0.25) is 17.0 Å². The first-order valence-electron chi connectivity index (χ1n) is 8.14. The minimum absolute atomic E-state index is 0.0423. The molecular weight excluding hydrogens is 368 g/mol. The molecule has 0 saturated carbocycles. The second-order valence-electron chi connectivity index (χ2n) is 5.45. The Morgan fingerprint density at radius 3 is 2.25 bits per heavy atom. The van der Waals surface area contributed by atoms with Gasteiger partial charge in [0.1, 0.15) is 23.3 Å². The van der Waals surface area contributed by atoms with Crippen molar-refractivity contribution >= 4 is 17.8 Å². The van der Waals surface area contributed by atoms with Gasteiger partial charge in [-0.05, 0) is 19.1 Å². The zero-order chi connectivity index (χ0) is 20.8. The van der Waals surface area contributed by atoms with Gasteiger partial charge in [0, 0.05) is 6.07 Å². The Balaban J connectivity index is 2.77. The largest absolute Gasteiger partial charge is 0.497 e. The van der Waals surface area contributed by atoms with E-state index in [1.54, 1.807) is 13.0 Å². The van der Waals surface area contributed by atoms with E-state index in [1.807, 2.05) is 0 Å². The van der Waals surface area contributed by atoms with Gasteiger partial charge in [-0.15, -0.1) is 0 Å². The molecule has 8 heteroatoms. The molecule has 0 bridgehead atoms. The quantitative estimate of drug-likeness (QED) is 0.527. The Kier molecular flexibility index (Phi) is 6.59. The van der Waals surface area contributed by atoms with E-state index in [0.717, 1.165) is 6.26 Å². The van der Waals surface area contributed by atoms with Crippen LogP contribution in [0.4, 0.5) is 0 Å². The highest BCUT2D eigenvalue weighted by molar-refractivity contribution is 6.16. The molecule has 0 aliphatic rings. The van der Waals surface area contributed by atoms with Crippen LogP contribution in [-0.4, -0.2) is 40.2 Å². The SMILES string of the molecule is C/C=C\c1occ(C(=O)c2c(OC)cc(OC)cc2C(=O)OC)c(=O)c1OC. The Morgan fingerprint density at radius 2 is 1.71 bits per heavy atom. The first kappa shape index (κ1) is 20.8. The van der Waals surface area contributed by atoms with Crippen molar-refractivity contribution in [3.05, 3.63) is 57.1 Å². The Bertz CT molecular complexity index is 984. The summed E-state index contributed by atoms with van der Waals surface area (Å²) >= 11 is 0. The summed E-state index contributed by atoms with van der Waals surface area (Å²) in [5.41, 5.74) is -1.26. The molecule has 0 atom stereocenters. The molecule has 0 amide bonds. The molecule has 28 heavy (non-hydrogen) atoms. The van der Waals surface area contributed by atoms with Crippen molar-refractivity contribution in [3.63, 3.8) is 0 Å². The van der Waals surface area contributed by atoms with Crippen molar-refractivity contribution in [2.24, 2.45) is 0 Å². The van der Waals surface area contributed by atoms with Crippen molar-refractivity contribution in [2.45, 2.75) is 6.92 Å². The van der Waals surface area contributed by atoms with Gasteiger partial charge in [0.15, 0.2) is 5.76 Å². The molecule has 1 aromatic heterocycles. The van der Waals surface area contributed by atoms with E-state index in [9.17, 15) is 14.4 Å². The number of esters is 1. The van der Waals surface area contributed by atoms with Crippen LogP contribution < -0.4 is 19.6 Å². The predicted octanol–water partition coefficient (Wildman–Crippen LogP) is 2.72. The topological polar surface area (TPSA) is 101 Å². The summed E-state index contributed by atoms with van der Waals surface area (Å²) in [6, 6.07) is 2.75. The lowest BCUT2D eigenvalue weighted by Gasteiger charge is -2.14. The lowest BCUT2D eigenvalue weighted by Crippen LogP contribution is -2.21. The third-order valence-electron chi connectivity index (χ3n) is 3.91. The van der Waals surface area contributed by atoms with E-state index in [4.69, 9.17) is 23.4 Å². The van der Waals surface area contributed by atoms with Gasteiger partial charge in [0.25, 0.3) is 0 Å². The maximum absolute atomic E-state index is 13.2. The van der Waals surface area contributed by atoms with E-state index in [0.29, 0.717) is 0 Å². The van der Waals surface area contributed by atoms with Crippen molar-refractivity contribution in [1.29, 1.82) is 0 Å². The lowest BCUT2D eigenvalue weighted by atomic mass is 9.97. The van der Waals surface area contributed by atoms with Crippen molar-refractivity contribution in [1.82, 2.24) is 0 Å². The van der Waals surface area contributed by atoms with E-state index in [1.165, 1.54) is 46.6 Å². The molecule has 1 heterocycles. The molecular formula is C20H20O8. The Hall–Kier alpha value is -3.55. The monoisotopic (exact) mass is 388 g/mol. The van der Waals surface area contributed by atoms with Gasteiger partial charge in [0.05, 0.1) is 39.6 Å². The maximum atomic E-state index is 13.2. The van der Waals surface area contributed by atoms with Crippen LogP contribution in [0.2, 0.25) is 0 Å². The number of methoxy groups -OCH3 is 4. The molecule has 0 fully saturated rings. The average molecular weight is 388 g/mol. The Morgan fingerprint density at radius 1 is 1.00 bits per heavy atom. The summed E-state index contributed by atoms with van der Waals surface area (Å²) in [5, 5.41) is 0. The molecule has 0 radical (unpaired) electrons. The summed E-state index contributed by atoms with van der Waals surface area (Å²) in [7, 11) is 5.19. The first-order chi connectivity index (χ1) is 13.4. The average Bonchev–Trinajstić information content (AvgIpc) is 2.72. The van der Waals surface area contributed by atoms with Gasteiger partial charge in [-0.1, -0.05) is 6.08 Å². The van der Waals surface area contributed by atoms with Gasteiger partial charge in [-0.25, -0.2) is 4.79 Å². The molecule has 148 valence electrons. The van der Waals surface area contributed by atoms with Gasteiger partial charge in [-0.2, -0.15) is 0 Å². The van der Waals surface area contributed by atoms with Crippen LogP contribution in [-0.2, 0) is 4.74 Å². The minimum Gasteiger partial charge on any atom is -0.497 e. The third-order valence-corrected chi connectivity index (χ3v) is 3.91. The number of hydrogen-bond acceptors (Lipinski definition) is 8. The van der Waals surface area contributed by atoms with E-state index < -0.39 is 17.2 Å². The molecule has 0 aliphatic carbocycles. The number of rotatable bonds is 7. The molecule has 0 saturated heterocycles. The maximum Gasteiger partial charge on any atom is 0.338 e. The second-order valence-corrected chi connectivity index (χ2v) is 5.45. The van der Waals surface area contributed by atoms with Crippen molar-refractivity contribution in [2.75, 3.05) is 28.4 Å². The lowest BCUT2D eigenvalue weighted by molar-refractivity contribution is 0.0596. The van der Waals surface area contributed by atoms with E-state index in [-0.39, 0.29) is 39.7 Å². The zero-order valence-corrected chi connectivity index (χ0v) is 16.2. The summed E-state index contributed by atoms with van der Waals surface area (Å²) in [6.45, 7) is 1.74. The van der Waals surface area contributed by atoms with Crippen LogP contribution in [0.25, 0.3) is 6.08 Å². The number of allylic oxidation sites excluding steroid dienone is 1. The van der Waals surface area contributed by atoms with Crippen LogP contribution in [0, 0.1) is 0 Å². The summed E-state index contributed by atoms with van der Waals surface area (Å²) < 4.78 is 25.6. The van der Waals surface area contributed by atoms with Crippen molar-refractivity contribution in [3.8, 4) is 17.2 Å². The highest BCUT2D eigenvalue weighted by atomic mass is 16.5. The molecule has 2 rings (SSSR count). The molecule has 0 aliphatic heterocycles. The fourth-order valence-corrected chi connectivity index (χ4v) is 2.59. The zero-order valence-electron chi connectivity index (χ0n) is 16.2. The fourth-order valence-electron chi connectivity index (χ4n) is 2.59. The third kappa shape index (κ3) is 3.75. The van der Waals surface area contributed by atoms with Gasteiger partial charge < -0.3 is 23.4 Å². The molecule has 0 N–H and O–H groups in total. The van der Waals surface area contributed by atoms with Crippen LogP contribution in [0.3, 0.4) is 0 Å². The van der Waals surface area contributed by atoms with Crippen LogP contribution in [0.1, 0.15) is 39.0 Å². The van der Waals surface area contributed by atoms with Crippen LogP contribution in [0.15, 0.2) is 33.7 Å². The first-order valence-corrected chi connectivity index (χ1v) is 8.14. The summed E-state index contributed by atoms with van der Waals surface area (Å²) in [4.78, 5) is 38.2. The number of ether oxygens (including phenoxy) is 4. The molecule has 2 aromatic rings. The van der Waals surface area contributed by atoms with E-state index >= 15 is 0 Å². The number of carbonyl (C=O) groups excluding carboxylic acids is 2. The highest BCUT2D eigenvalue weighted by Crippen LogP contribution is 2.31. The number of hydrogen-bond donors (Lipinski definition) is 0. The number of benzene rings is 1. The summed E-state index contributed by atoms with van der Waals surface area (Å²) in [6.07, 6.45) is 4.21. The molecule has 1 aromatic carbocycles. The van der Waals surface area contributed by atoms with Crippen LogP contribution in [0.5, 0.6) is 17.2 Å². The van der Waals surface area contributed by atoms with Crippen molar-refractivity contribution < 1.29 is 33.0 Å². The second kappa shape index (κ2) is 8.90. The number of carbonyl (C=O) groups is 2. The Labute approximate surface area is 161 Å². The standard InChI is InChI=1S/C20H20O8/c1-6-7-14-19(26-4)18(22)13(10-28-14)17(21)16-12(20(23)27-5)8-11(24-2)9-15(16)25-3/h6-10H,1-5H3/b7-6-. The van der Waals surface area contributed by atoms with Crippen LogP contribution >= 0.6 is 0 Å². The molecule has 8 nitrogen and oxygen atoms in total. The number of ketones is 1. The predicted molar refractivity (Wildman–Crippen MR) is 101 cm³/mol. The highest BCUT2D eigenvalue weighted by Gasteiger charge is 2.28. The van der Waals surface area contributed by atoms with Gasteiger partial charge in [-0.3, -0.25) is 9.59 Å². The summed E-state index contributed by atoms with van der Waals surface area (Å²) in [5.74, 6) is -1.21. The van der Waals surface area contributed by atoms with Gasteiger partial charge >= 0.3 is 5.97 Å². The van der Waals surface area contributed by atoms with E-state index in [2.05, 4.69) is 0 Å². The fraction of sp³-hybridized carbons (Fsp3) is 0.250. The normalized spacial score (nSPS) is 10.6. The molecule has 0 unspecified atom stereocenters. The molecule has 0 spiro atoms. The minimum atomic E-state index is -0.789.